The van der Waals surface area contributed by atoms with Crippen molar-refractivity contribution < 1.29 is 0 Å². The molecule has 0 saturated heterocycles. The number of fused-ring (bicyclic) bond motifs is 4. The monoisotopic (exact) mass is 304 g/mol. The molecule has 4 rings (SSSR count). The van der Waals surface area contributed by atoms with Gasteiger partial charge in [-0.2, -0.15) is 0 Å². The van der Waals surface area contributed by atoms with E-state index in [1.165, 1.54) is 33.3 Å². The summed E-state index contributed by atoms with van der Waals surface area (Å²) >= 11 is 0. The van der Waals surface area contributed by atoms with Gasteiger partial charge in [0.1, 0.15) is 0 Å². The highest BCUT2D eigenvalue weighted by atomic mass is 15.1. The maximum atomic E-state index is 2.47. The van der Waals surface area contributed by atoms with Crippen molar-refractivity contribution in [3.8, 4) is 0 Å². The molecular weight excluding hydrogens is 280 g/mol. The molecule has 0 atom stereocenters. The van der Waals surface area contributed by atoms with Crippen molar-refractivity contribution in [3.63, 3.8) is 0 Å². The molecule has 2 aromatic carbocycles. The fraction of sp³-hybridized carbons (Fsp3) is 0.333. The fourth-order valence-electron chi connectivity index (χ4n) is 3.98. The number of benzene rings is 2. The first-order valence-electron chi connectivity index (χ1n) is 8.54. The Kier molecular flexibility index (Phi) is 3.70. The Morgan fingerprint density at radius 2 is 1.48 bits per heavy atom. The summed E-state index contributed by atoms with van der Waals surface area (Å²) < 4.78 is 2.41. The van der Waals surface area contributed by atoms with Gasteiger partial charge in [0.05, 0.1) is 0 Å². The average molecular weight is 304 g/mol. The van der Waals surface area contributed by atoms with Crippen molar-refractivity contribution in [3.05, 3.63) is 70.9 Å². The fourth-order valence-corrected chi connectivity index (χ4v) is 3.98. The summed E-state index contributed by atoms with van der Waals surface area (Å²) in [6.07, 6.45) is 3.40. The van der Waals surface area contributed by atoms with Crippen molar-refractivity contribution in [2.24, 2.45) is 7.05 Å². The summed E-state index contributed by atoms with van der Waals surface area (Å²) in [4.78, 5) is 2.47. The highest BCUT2D eigenvalue weighted by Gasteiger charge is 2.18. The van der Waals surface area contributed by atoms with E-state index in [9.17, 15) is 0 Å². The molecule has 0 spiro atoms. The number of nitrogens with zero attached hydrogens (tertiary/aromatic N) is 2. The van der Waals surface area contributed by atoms with E-state index in [0.717, 1.165) is 32.4 Å². The minimum Gasteiger partial charge on any atom is -0.347 e. The second kappa shape index (κ2) is 5.86. The highest BCUT2D eigenvalue weighted by molar-refractivity contribution is 5.85. The van der Waals surface area contributed by atoms with Crippen molar-refractivity contribution in [1.82, 2.24) is 9.47 Å². The molecule has 2 nitrogen and oxygen atoms in total. The lowest BCUT2D eigenvalue weighted by Crippen LogP contribution is -2.23. The van der Waals surface area contributed by atoms with Gasteiger partial charge in [0, 0.05) is 36.7 Å². The molecule has 23 heavy (non-hydrogen) atoms. The van der Waals surface area contributed by atoms with Gasteiger partial charge in [-0.1, -0.05) is 42.5 Å². The third kappa shape index (κ3) is 2.57. The quantitative estimate of drug-likeness (QED) is 0.610. The maximum Gasteiger partial charge on any atom is 0.0483 e. The minimum atomic E-state index is 1.04. The Bertz CT molecular complexity index is 844. The number of rotatable bonds is 0. The van der Waals surface area contributed by atoms with Crippen LogP contribution in [0.2, 0.25) is 0 Å². The lowest BCUT2D eigenvalue weighted by molar-refractivity contribution is 0.329. The van der Waals surface area contributed by atoms with Crippen LogP contribution in [0.1, 0.15) is 22.4 Å². The molecule has 3 aromatic rings. The molecule has 0 radical (unpaired) electrons. The Hall–Kier alpha value is -2.06. The Morgan fingerprint density at radius 3 is 2.30 bits per heavy atom. The van der Waals surface area contributed by atoms with E-state index < -0.39 is 0 Å². The van der Waals surface area contributed by atoms with Gasteiger partial charge < -0.3 is 9.47 Å². The van der Waals surface area contributed by atoms with Crippen molar-refractivity contribution in [1.29, 1.82) is 0 Å². The molecule has 118 valence electrons. The number of aryl methyl sites for hydroxylation is 2. The molecule has 0 bridgehead atoms. The van der Waals surface area contributed by atoms with Crippen LogP contribution in [0.5, 0.6) is 0 Å². The summed E-state index contributed by atoms with van der Waals surface area (Å²) in [6, 6.07) is 17.8. The van der Waals surface area contributed by atoms with Crippen LogP contribution in [0.4, 0.5) is 0 Å². The second-order valence-electron chi connectivity index (χ2n) is 6.76. The SMILES string of the molecule is CN1CCc2ccccc2CCc2c(c3ccccc3n2C)C1. The molecule has 0 amide bonds. The first kappa shape index (κ1) is 14.5. The van der Waals surface area contributed by atoms with Crippen LogP contribution in [0.3, 0.4) is 0 Å². The molecular formula is C21H24N2. The standard InChI is InChI=1S/C21H24N2/c1-22-14-13-17-8-4-3-7-16(17)11-12-21-19(15-22)18-9-5-6-10-20(18)23(21)2/h3-10H,11-15H2,1-2H3. The van der Waals surface area contributed by atoms with Gasteiger partial charge >= 0.3 is 0 Å². The number of aromatic nitrogens is 1. The van der Waals surface area contributed by atoms with E-state index >= 15 is 0 Å². The molecule has 2 heteroatoms. The van der Waals surface area contributed by atoms with Crippen LogP contribution < -0.4 is 0 Å². The average Bonchev–Trinajstić information content (AvgIpc) is 2.84. The van der Waals surface area contributed by atoms with Crippen LogP contribution in [-0.4, -0.2) is 23.1 Å². The zero-order valence-corrected chi connectivity index (χ0v) is 14.0. The molecule has 1 aliphatic rings. The largest absolute Gasteiger partial charge is 0.347 e. The first-order chi connectivity index (χ1) is 11.2. The van der Waals surface area contributed by atoms with Gasteiger partial charge in [-0.05, 0) is 49.1 Å². The van der Waals surface area contributed by atoms with Crippen LogP contribution >= 0.6 is 0 Å². The van der Waals surface area contributed by atoms with Crippen molar-refractivity contribution >= 4 is 10.9 Å². The predicted octanol–water partition coefficient (Wildman–Crippen LogP) is 3.95. The first-order valence-corrected chi connectivity index (χ1v) is 8.54. The number of hydrogen-bond acceptors (Lipinski definition) is 1. The summed E-state index contributed by atoms with van der Waals surface area (Å²) in [6.45, 7) is 2.15. The number of para-hydroxylation sites is 1. The highest BCUT2D eigenvalue weighted by Crippen LogP contribution is 2.28. The Labute approximate surface area is 138 Å². The zero-order chi connectivity index (χ0) is 15.8. The third-order valence-corrected chi connectivity index (χ3v) is 5.28. The number of hydrogen-bond donors (Lipinski definition) is 0. The van der Waals surface area contributed by atoms with Crippen molar-refractivity contribution in [2.75, 3.05) is 13.6 Å². The third-order valence-electron chi connectivity index (χ3n) is 5.28. The summed E-state index contributed by atoms with van der Waals surface area (Å²) in [5.41, 5.74) is 7.40. The van der Waals surface area contributed by atoms with E-state index in [2.05, 4.69) is 72.1 Å². The molecule has 0 aliphatic carbocycles. The summed E-state index contributed by atoms with van der Waals surface area (Å²) in [5, 5.41) is 1.42. The topological polar surface area (TPSA) is 8.17 Å². The normalized spacial score (nSPS) is 16.1. The molecule has 0 saturated carbocycles. The van der Waals surface area contributed by atoms with E-state index in [4.69, 9.17) is 0 Å². The van der Waals surface area contributed by atoms with Gasteiger partial charge in [-0.15, -0.1) is 0 Å². The van der Waals surface area contributed by atoms with Crippen LogP contribution in [0.15, 0.2) is 48.5 Å². The smallest absolute Gasteiger partial charge is 0.0483 e. The van der Waals surface area contributed by atoms with Gasteiger partial charge in [-0.3, -0.25) is 0 Å². The lowest BCUT2D eigenvalue weighted by atomic mass is 9.97. The number of likely N-dealkylation sites (N-methyl/N-ethyl adjacent to an activating group) is 1. The van der Waals surface area contributed by atoms with Crippen molar-refractivity contribution in [2.45, 2.75) is 25.8 Å². The Morgan fingerprint density at radius 1 is 0.783 bits per heavy atom. The Balaban J connectivity index is 1.84. The molecule has 1 aliphatic heterocycles. The van der Waals surface area contributed by atoms with E-state index in [-0.39, 0.29) is 0 Å². The van der Waals surface area contributed by atoms with E-state index in [1.54, 1.807) is 0 Å². The lowest BCUT2D eigenvalue weighted by Gasteiger charge is -2.21. The zero-order valence-electron chi connectivity index (χ0n) is 14.0. The molecule has 1 aromatic heterocycles. The minimum absolute atomic E-state index is 1.04. The van der Waals surface area contributed by atoms with Crippen LogP contribution in [-0.2, 0) is 32.9 Å². The molecule has 0 N–H and O–H groups in total. The predicted molar refractivity (Wildman–Crippen MR) is 96.8 cm³/mol. The molecule has 0 fully saturated rings. The summed E-state index contributed by atoms with van der Waals surface area (Å²) in [7, 11) is 4.47. The maximum absolute atomic E-state index is 2.47. The second-order valence-corrected chi connectivity index (χ2v) is 6.76. The van der Waals surface area contributed by atoms with Gasteiger partial charge in [0.25, 0.3) is 0 Å². The molecule has 0 unspecified atom stereocenters. The van der Waals surface area contributed by atoms with E-state index in [1.807, 2.05) is 0 Å². The van der Waals surface area contributed by atoms with Crippen LogP contribution in [0, 0.1) is 0 Å². The van der Waals surface area contributed by atoms with Gasteiger partial charge in [0.15, 0.2) is 0 Å². The van der Waals surface area contributed by atoms with Crippen LogP contribution in [0.25, 0.3) is 10.9 Å². The summed E-state index contributed by atoms with van der Waals surface area (Å²) in [5.74, 6) is 0. The van der Waals surface area contributed by atoms with Gasteiger partial charge in [0.2, 0.25) is 0 Å². The molecule has 2 heterocycles. The van der Waals surface area contributed by atoms with Gasteiger partial charge in [-0.25, -0.2) is 0 Å². The van der Waals surface area contributed by atoms with E-state index in [0.29, 0.717) is 0 Å².